The highest BCUT2D eigenvalue weighted by Crippen LogP contribution is 2.29. The van der Waals surface area contributed by atoms with Gasteiger partial charge in [0.25, 0.3) is 0 Å². The number of benzene rings is 1. The van der Waals surface area contributed by atoms with Crippen molar-refractivity contribution in [3.05, 3.63) is 65.9 Å². The van der Waals surface area contributed by atoms with Crippen molar-refractivity contribution in [3.63, 3.8) is 0 Å². The largest absolute Gasteiger partial charge is 0.467 e. The number of nitrogens with zero attached hydrogens (tertiary/aromatic N) is 3. The second-order valence-corrected chi connectivity index (χ2v) is 7.91. The maximum Gasteiger partial charge on any atom is 0.222 e. The Labute approximate surface area is 179 Å². The number of hydrogen-bond acceptors (Lipinski definition) is 6. The first-order valence-electron chi connectivity index (χ1n) is 10.1. The summed E-state index contributed by atoms with van der Waals surface area (Å²) in [7, 11) is 0. The van der Waals surface area contributed by atoms with E-state index in [1.54, 1.807) is 17.6 Å². The first-order valence-corrected chi connectivity index (χ1v) is 11.0. The van der Waals surface area contributed by atoms with Gasteiger partial charge in [0.05, 0.1) is 23.2 Å². The van der Waals surface area contributed by atoms with E-state index in [9.17, 15) is 4.79 Å². The summed E-state index contributed by atoms with van der Waals surface area (Å²) < 4.78 is 5.27. The fourth-order valence-electron chi connectivity index (χ4n) is 3.33. The Morgan fingerprint density at radius 1 is 1.10 bits per heavy atom. The van der Waals surface area contributed by atoms with Crippen LogP contribution in [0.4, 0.5) is 5.82 Å². The van der Waals surface area contributed by atoms with Crippen LogP contribution in [0, 0.1) is 0 Å². The third-order valence-corrected chi connectivity index (χ3v) is 5.63. The molecule has 0 bridgehead atoms. The van der Waals surface area contributed by atoms with Crippen LogP contribution in [0.15, 0.2) is 64.6 Å². The zero-order valence-corrected chi connectivity index (χ0v) is 17.7. The Balaban J connectivity index is 1.56. The number of thiophene rings is 1. The molecule has 0 saturated heterocycles. The van der Waals surface area contributed by atoms with Crippen molar-refractivity contribution in [1.82, 2.24) is 15.3 Å². The molecule has 1 aromatic carbocycles. The quantitative estimate of drug-likeness (QED) is 0.418. The van der Waals surface area contributed by atoms with Gasteiger partial charge in [0.15, 0.2) is 5.82 Å². The summed E-state index contributed by atoms with van der Waals surface area (Å²) in [6.45, 7) is 3.94. The van der Waals surface area contributed by atoms with Gasteiger partial charge in [-0.2, -0.15) is 0 Å². The van der Waals surface area contributed by atoms with Gasteiger partial charge in [-0.1, -0.05) is 25.1 Å². The standard InChI is InChI=1S/C23H24N4O2S/c1-2-12-27(13-11-21(28)24-16-17-7-5-14-29-17)23-18-8-3-4-9-19(18)25-22(26-23)20-10-6-15-30-20/h3-10,14-15H,2,11-13,16H2,1H3,(H,24,28). The number of carbonyl (C=O) groups excluding carboxylic acids is 1. The van der Waals surface area contributed by atoms with Crippen molar-refractivity contribution in [1.29, 1.82) is 0 Å². The summed E-state index contributed by atoms with van der Waals surface area (Å²) in [5, 5.41) is 5.95. The number of rotatable bonds is 9. The third-order valence-electron chi connectivity index (χ3n) is 4.77. The molecular weight excluding hydrogens is 396 g/mol. The van der Waals surface area contributed by atoms with E-state index in [4.69, 9.17) is 14.4 Å². The van der Waals surface area contributed by atoms with Gasteiger partial charge in [0, 0.05) is 24.9 Å². The summed E-state index contributed by atoms with van der Waals surface area (Å²) in [4.78, 5) is 25.3. The van der Waals surface area contributed by atoms with Crippen molar-refractivity contribution in [2.75, 3.05) is 18.0 Å². The van der Waals surface area contributed by atoms with Crippen molar-refractivity contribution in [2.24, 2.45) is 0 Å². The van der Waals surface area contributed by atoms with Gasteiger partial charge >= 0.3 is 0 Å². The number of nitrogens with one attached hydrogen (secondary N) is 1. The summed E-state index contributed by atoms with van der Waals surface area (Å²) in [5.41, 5.74) is 0.911. The van der Waals surface area contributed by atoms with Crippen LogP contribution in [-0.4, -0.2) is 29.0 Å². The van der Waals surface area contributed by atoms with Crippen molar-refractivity contribution in [3.8, 4) is 10.7 Å². The Morgan fingerprint density at radius 3 is 2.77 bits per heavy atom. The molecule has 0 saturated carbocycles. The molecular formula is C23H24N4O2S. The number of para-hydroxylation sites is 1. The van der Waals surface area contributed by atoms with Crippen LogP contribution in [0.25, 0.3) is 21.6 Å². The van der Waals surface area contributed by atoms with E-state index < -0.39 is 0 Å². The van der Waals surface area contributed by atoms with Gasteiger partial charge in [0.2, 0.25) is 5.91 Å². The second kappa shape index (κ2) is 9.54. The van der Waals surface area contributed by atoms with Crippen molar-refractivity contribution >= 4 is 34.0 Å². The summed E-state index contributed by atoms with van der Waals surface area (Å²) in [5.74, 6) is 2.34. The molecule has 0 unspecified atom stereocenters. The highest BCUT2D eigenvalue weighted by Gasteiger charge is 2.16. The molecule has 3 aromatic heterocycles. The van der Waals surface area contributed by atoms with E-state index in [0.717, 1.165) is 46.1 Å². The molecule has 0 spiro atoms. The van der Waals surface area contributed by atoms with Crippen LogP contribution in [0.5, 0.6) is 0 Å². The zero-order chi connectivity index (χ0) is 20.8. The first-order chi connectivity index (χ1) is 14.7. The summed E-state index contributed by atoms with van der Waals surface area (Å²) in [6.07, 6.45) is 2.95. The number of amides is 1. The molecule has 1 N–H and O–H groups in total. The Kier molecular flexibility index (Phi) is 6.39. The third kappa shape index (κ3) is 4.68. The molecule has 0 aliphatic carbocycles. The maximum atomic E-state index is 12.4. The predicted molar refractivity (Wildman–Crippen MR) is 121 cm³/mol. The lowest BCUT2D eigenvalue weighted by molar-refractivity contribution is -0.121. The fourth-order valence-corrected chi connectivity index (χ4v) is 3.99. The lowest BCUT2D eigenvalue weighted by Crippen LogP contribution is -2.32. The Hall–Kier alpha value is -3.19. The molecule has 154 valence electrons. The number of aromatic nitrogens is 2. The highest BCUT2D eigenvalue weighted by atomic mass is 32.1. The topological polar surface area (TPSA) is 71.3 Å². The van der Waals surface area contributed by atoms with Crippen LogP contribution in [-0.2, 0) is 11.3 Å². The molecule has 0 aliphatic rings. The minimum atomic E-state index is -0.00987. The van der Waals surface area contributed by atoms with Gasteiger partial charge in [0.1, 0.15) is 11.6 Å². The average Bonchev–Trinajstić information content (AvgIpc) is 3.49. The number of hydrogen-bond donors (Lipinski definition) is 1. The zero-order valence-electron chi connectivity index (χ0n) is 16.9. The predicted octanol–water partition coefficient (Wildman–Crippen LogP) is 4.87. The molecule has 0 radical (unpaired) electrons. The van der Waals surface area contributed by atoms with Crippen molar-refractivity contribution < 1.29 is 9.21 Å². The molecule has 3 heterocycles. The van der Waals surface area contributed by atoms with Crippen LogP contribution < -0.4 is 10.2 Å². The van der Waals surface area contributed by atoms with E-state index >= 15 is 0 Å². The SMILES string of the molecule is CCCN(CCC(=O)NCc1ccco1)c1nc(-c2cccs2)nc2ccccc12. The molecule has 1 amide bonds. The number of anilines is 1. The van der Waals surface area contributed by atoms with Gasteiger partial charge < -0.3 is 14.6 Å². The second-order valence-electron chi connectivity index (χ2n) is 6.96. The van der Waals surface area contributed by atoms with Gasteiger partial charge in [-0.25, -0.2) is 9.97 Å². The van der Waals surface area contributed by atoms with Crippen LogP contribution >= 0.6 is 11.3 Å². The molecule has 0 atom stereocenters. The molecule has 0 fully saturated rings. The van der Waals surface area contributed by atoms with Crippen LogP contribution in [0.3, 0.4) is 0 Å². The number of fused-ring (bicyclic) bond motifs is 1. The molecule has 30 heavy (non-hydrogen) atoms. The van der Waals surface area contributed by atoms with Crippen LogP contribution in [0.1, 0.15) is 25.5 Å². The smallest absolute Gasteiger partial charge is 0.222 e. The van der Waals surface area contributed by atoms with E-state index in [1.165, 1.54) is 0 Å². The van der Waals surface area contributed by atoms with E-state index in [1.807, 2.05) is 53.9 Å². The molecule has 4 aromatic rings. The van der Waals surface area contributed by atoms with E-state index in [0.29, 0.717) is 19.5 Å². The summed E-state index contributed by atoms with van der Waals surface area (Å²) in [6, 6.07) is 15.7. The minimum Gasteiger partial charge on any atom is -0.467 e. The number of furan rings is 1. The normalized spacial score (nSPS) is 11.0. The first kappa shape index (κ1) is 20.1. The molecule has 0 aliphatic heterocycles. The van der Waals surface area contributed by atoms with E-state index in [2.05, 4.69) is 17.1 Å². The van der Waals surface area contributed by atoms with Gasteiger partial charge in [-0.05, 0) is 42.1 Å². The highest BCUT2D eigenvalue weighted by molar-refractivity contribution is 7.13. The van der Waals surface area contributed by atoms with Gasteiger partial charge in [-0.3, -0.25) is 4.79 Å². The molecule has 4 rings (SSSR count). The van der Waals surface area contributed by atoms with Gasteiger partial charge in [-0.15, -0.1) is 11.3 Å². The minimum absolute atomic E-state index is 0.00987. The molecule has 7 heteroatoms. The summed E-state index contributed by atoms with van der Waals surface area (Å²) >= 11 is 1.63. The van der Waals surface area contributed by atoms with E-state index in [-0.39, 0.29) is 5.91 Å². The Bertz CT molecular complexity index is 1090. The van der Waals surface area contributed by atoms with Crippen molar-refractivity contribution in [2.45, 2.75) is 26.3 Å². The lowest BCUT2D eigenvalue weighted by Gasteiger charge is -2.24. The molecule has 6 nitrogen and oxygen atoms in total. The van der Waals surface area contributed by atoms with Crippen LogP contribution in [0.2, 0.25) is 0 Å². The maximum absolute atomic E-state index is 12.4. The monoisotopic (exact) mass is 420 g/mol. The number of carbonyl (C=O) groups is 1. The fraction of sp³-hybridized carbons (Fsp3) is 0.261. The Morgan fingerprint density at radius 2 is 2.00 bits per heavy atom. The average molecular weight is 421 g/mol. The lowest BCUT2D eigenvalue weighted by atomic mass is 10.2.